The molecule has 2 aromatic heterocycles. The van der Waals surface area contributed by atoms with Gasteiger partial charge >= 0.3 is 0 Å². The number of fused-ring (bicyclic) bond motifs is 1. The number of aromatic nitrogens is 3. The molecular formula is C18H12N3. The number of aromatic amines is 1. The van der Waals surface area contributed by atoms with Gasteiger partial charge in [0.1, 0.15) is 0 Å². The van der Waals surface area contributed by atoms with Gasteiger partial charge in [0.05, 0.1) is 11.7 Å². The topological polar surface area (TPSA) is 41.6 Å². The smallest absolute Gasteiger partial charge is 0.0708 e. The Balaban J connectivity index is 1.82. The Labute approximate surface area is 122 Å². The lowest BCUT2D eigenvalue weighted by molar-refractivity contribution is 1.09. The predicted octanol–water partition coefficient (Wildman–Crippen LogP) is 4.09. The molecule has 21 heavy (non-hydrogen) atoms. The fraction of sp³-hybridized carbons (Fsp3) is 0. The summed E-state index contributed by atoms with van der Waals surface area (Å²) in [6.07, 6.45) is 5.57. The van der Waals surface area contributed by atoms with Crippen molar-refractivity contribution in [2.24, 2.45) is 0 Å². The summed E-state index contributed by atoms with van der Waals surface area (Å²) in [7, 11) is 0. The molecule has 0 saturated carbocycles. The standard InChI is InChI=1S/C18H12N3/c1-2-4-18-17(3-1)16(9-10-19-18)14-7-5-13(6-8-14)15-11-20-21-12-15/h2-12H,(H,20,21). The molecule has 99 valence electrons. The fourth-order valence-electron chi connectivity index (χ4n) is 2.54. The predicted molar refractivity (Wildman–Crippen MR) is 83.6 cm³/mol. The third-order valence-corrected chi connectivity index (χ3v) is 3.61. The highest BCUT2D eigenvalue weighted by molar-refractivity contribution is 5.94. The van der Waals surface area contributed by atoms with E-state index in [1.165, 1.54) is 11.1 Å². The van der Waals surface area contributed by atoms with E-state index >= 15 is 0 Å². The van der Waals surface area contributed by atoms with Crippen LogP contribution in [0.5, 0.6) is 0 Å². The highest BCUT2D eigenvalue weighted by Gasteiger charge is 2.05. The molecular weight excluding hydrogens is 258 g/mol. The number of benzene rings is 2. The van der Waals surface area contributed by atoms with Crippen LogP contribution in [0.1, 0.15) is 0 Å². The second kappa shape index (κ2) is 4.87. The van der Waals surface area contributed by atoms with Gasteiger partial charge in [0.2, 0.25) is 0 Å². The second-order valence-electron chi connectivity index (χ2n) is 4.87. The van der Waals surface area contributed by atoms with E-state index in [9.17, 15) is 0 Å². The highest BCUT2D eigenvalue weighted by Crippen LogP contribution is 2.29. The van der Waals surface area contributed by atoms with E-state index in [1.54, 1.807) is 0 Å². The van der Waals surface area contributed by atoms with Gasteiger partial charge in [0.25, 0.3) is 0 Å². The first kappa shape index (κ1) is 11.9. The minimum atomic E-state index is 0.991. The molecule has 0 fully saturated rings. The zero-order valence-electron chi connectivity index (χ0n) is 11.2. The molecule has 3 heteroatoms. The largest absolute Gasteiger partial charge is 0.285 e. The van der Waals surface area contributed by atoms with Crippen LogP contribution < -0.4 is 0 Å². The first-order valence-electron chi connectivity index (χ1n) is 6.76. The van der Waals surface area contributed by atoms with Gasteiger partial charge in [0.15, 0.2) is 0 Å². The van der Waals surface area contributed by atoms with Crippen molar-refractivity contribution in [3.63, 3.8) is 0 Å². The van der Waals surface area contributed by atoms with Crippen molar-refractivity contribution in [1.82, 2.24) is 15.2 Å². The van der Waals surface area contributed by atoms with E-state index in [4.69, 9.17) is 0 Å². The maximum absolute atomic E-state index is 4.39. The average Bonchev–Trinajstić information content (AvgIpc) is 3.09. The maximum atomic E-state index is 4.39. The number of pyridine rings is 1. The number of nitrogens with one attached hydrogen (secondary N) is 1. The average molecular weight is 270 g/mol. The molecule has 0 unspecified atom stereocenters. The molecule has 0 bridgehead atoms. The quantitative estimate of drug-likeness (QED) is 0.596. The van der Waals surface area contributed by atoms with Crippen LogP contribution in [0.4, 0.5) is 0 Å². The molecule has 3 nitrogen and oxygen atoms in total. The third kappa shape index (κ3) is 2.09. The minimum absolute atomic E-state index is 0.991. The normalized spacial score (nSPS) is 10.9. The van der Waals surface area contributed by atoms with Crippen molar-refractivity contribution < 1.29 is 0 Å². The maximum Gasteiger partial charge on any atom is 0.0708 e. The lowest BCUT2D eigenvalue weighted by Crippen LogP contribution is -1.84. The Morgan fingerprint density at radius 2 is 1.76 bits per heavy atom. The van der Waals surface area contributed by atoms with Crippen LogP contribution in [0.3, 0.4) is 0 Å². The van der Waals surface area contributed by atoms with Gasteiger partial charge in [-0.1, -0.05) is 30.3 Å². The van der Waals surface area contributed by atoms with Crippen LogP contribution in [0, 0.1) is 6.07 Å². The third-order valence-electron chi connectivity index (χ3n) is 3.61. The zero-order chi connectivity index (χ0) is 14.1. The first-order valence-corrected chi connectivity index (χ1v) is 6.76. The van der Waals surface area contributed by atoms with Crippen molar-refractivity contribution in [2.45, 2.75) is 0 Å². The van der Waals surface area contributed by atoms with Crippen molar-refractivity contribution >= 4 is 10.9 Å². The summed E-state index contributed by atoms with van der Waals surface area (Å²) in [6, 6.07) is 19.5. The molecule has 0 saturated heterocycles. The van der Waals surface area contributed by atoms with E-state index in [-0.39, 0.29) is 0 Å². The molecule has 4 rings (SSSR count). The van der Waals surface area contributed by atoms with Crippen molar-refractivity contribution in [3.05, 3.63) is 73.2 Å². The van der Waals surface area contributed by atoms with Gasteiger partial charge < -0.3 is 0 Å². The molecule has 0 aliphatic carbocycles. The molecule has 4 aromatic rings. The van der Waals surface area contributed by atoms with Crippen molar-refractivity contribution in [3.8, 4) is 22.3 Å². The summed E-state index contributed by atoms with van der Waals surface area (Å²) in [5, 5.41) is 7.94. The molecule has 1 radical (unpaired) electrons. The monoisotopic (exact) mass is 270 g/mol. The van der Waals surface area contributed by atoms with Crippen LogP contribution >= 0.6 is 0 Å². The zero-order valence-corrected chi connectivity index (χ0v) is 11.2. The first-order chi connectivity index (χ1) is 10.4. The molecule has 1 N–H and O–H groups in total. The van der Waals surface area contributed by atoms with Gasteiger partial charge in [-0.25, -0.2) is 0 Å². The SMILES string of the molecule is [c]1ccc2nccc(-c3ccc(-c4cn[nH]c4)cc3)c2c1. The Morgan fingerprint density at radius 3 is 2.57 bits per heavy atom. The van der Waals surface area contributed by atoms with E-state index in [0.29, 0.717) is 0 Å². The minimum Gasteiger partial charge on any atom is -0.285 e. The lowest BCUT2D eigenvalue weighted by Gasteiger charge is -2.07. The van der Waals surface area contributed by atoms with Gasteiger partial charge in [-0.15, -0.1) is 0 Å². The van der Waals surface area contributed by atoms with Gasteiger partial charge in [-0.3, -0.25) is 10.1 Å². The Hall–Kier alpha value is -2.94. The Morgan fingerprint density at radius 1 is 0.905 bits per heavy atom. The van der Waals surface area contributed by atoms with E-state index < -0.39 is 0 Å². The van der Waals surface area contributed by atoms with E-state index in [2.05, 4.69) is 45.5 Å². The van der Waals surface area contributed by atoms with Crippen LogP contribution in [0.25, 0.3) is 33.2 Å². The summed E-state index contributed by atoms with van der Waals surface area (Å²) >= 11 is 0. The summed E-state index contributed by atoms with van der Waals surface area (Å²) < 4.78 is 0. The fourth-order valence-corrected chi connectivity index (χ4v) is 2.54. The number of rotatable bonds is 2. The molecule has 0 aliphatic rings. The molecule has 0 atom stereocenters. The van der Waals surface area contributed by atoms with Crippen molar-refractivity contribution in [1.29, 1.82) is 0 Å². The molecule has 0 aliphatic heterocycles. The van der Waals surface area contributed by atoms with Gasteiger partial charge in [-0.2, -0.15) is 5.10 Å². The lowest BCUT2D eigenvalue weighted by atomic mass is 9.99. The summed E-state index contributed by atoms with van der Waals surface area (Å²) in [4.78, 5) is 4.39. The Bertz CT molecular complexity index is 873. The van der Waals surface area contributed by atoms with Crippen molar-refractivity contribution in [2.75, 3.05) is 0 Å². The summed E-state index contributed by atoms with van der Waals surface area (Å²) in [5.74, 6) is 0. The number of hydrogen-bond acceptors (Lipinski definition) is 2. The number of nitrogens with zero attached hydrogens (tertiary/aromatic N) is 2. The molecule has 2 aromatic carbocycles. The van der Waals surface area contributed by atoms with Crippen LogP contribution in [0.2, 0.25) is 0 Å². The second-order valence-corrected chi connectivity index (χ2v) is 4.87. The molecule has 0 amide bonds. The summed E-state index contributed by atoms with van der Waals surface area (Å²) in [5.41, 5.74) is 5.59. The van der Waals surface area contributed by atoms with Gasteiger partial charge in [-0.05, 0) is 41.0 Å². The van der Waals surface area contributed by atoms with E-state index in [0.717, 1.165) is 22.0 Å². The number of H-pyrrole nitrogens is 1. The van der Waals surface area contributed by atoms with E-state index in [1.807, 2.05) is 42.9 Å². The molecule has 2 heterocycles. The van der Waals surface area contributed by atoms with Gasteiger partial charge in [0, 0.05) is 23.3 Å². The molecule has 0 spiro atoms. The van der Waals surface area contributed by atoms with Crippen LogP contribution in [-0.4, -0.2) is 15.2 Å². The number of hydrogen-bond donors (Lipinski definition) is 1. The Kier molecular flexibility index (Phi) is 2.75. The highest BCUT2D eigenvalue weighted by atomic mass is 15.1. The van der Waals surface area contributed by atoms with Crippen LogP contribution in [0.15, 0.2) is 67.1 Å². The summed E-state index contributed by atoms with van der Waals surface area (Å²) in [6.45, 7) is 0. The van der Waals surface area contributed by atoms with Crippen LogP contribution in [-0.2, 0) is 0 Å².